The first kappa shape index (κ1) is 16.0. The fourth-order valence-electron chi connectivity index (χ4n) is 2.30. The number of imidazole rings is 1. The van der Waals surface area contributed by atoms with Crippen LogP contribution in [0.25, 0.3) is 11.0 Å². The molecule has 0 bridgehead atoms. The highest BCUT2D eigenvalue weighted by Gasteiger charge is 2.17. The first-order chi connectivity index (χ1) is 9.43. The Balaban J connectivity index is 2.46. The van der Waals surface area contributed by atoms with Gasteiger partial charge in [0, 0.05) is 12.1 Å². The summed E-state index contributed by atoms with van der Waals surface area (Å²) in [5.74, 6) is 0.925. The monoisotopic (exact) mass is 409 g/mol. The second-order valence-electron chi connectivity index (χ2n) is 5.23. The third kappa shape index (κ3) is 3.26. The van der Waals surface area contributed by atoms with E-state index in [2.05, 4.69) is 21.4 Å². The van der Waals surface area contributed by atoms with Gasteiger partial charge in [0.2, 0.25) is 0 Å². The van der Waals surface area contributed by atoms with Gasteiger partial charge in [-0.1, -0.05) is 0 Å². The van der Waals surface area contributed by atoms with Gasteiger partial charge in [0.25, 0.3) is 0 Å². The molecule has 0 saturated heterocycles. The summed E-state index contributed by atoms with van der Waals surface area (Å²) in [4.78, 5) is 6.67. The van der Waals surface area contributed by atoms with Crippen LogP contribution in [-0.4, -0.2) is 35.1 Å². The summed E-state index contributed by atoms with van der Waals surface area (Å²) in [7, 11) is 4.09. The SMILES string of the molecule is CC(CCN(C)C)n1c(CCl)nc2cc(I)c(F)cc21. The Bertz CT molecular complexity index is 612. The molecule has 1 unspecified atom stereocenters. The zero-order valence-electron chi connectivity index (χ0n) is 11.8. The first-order valence-electron chi connectivity index (χ1n) is 6.50. The number of fused-ring (bicyclic) bond motifs is 1. The fraction of sp³-hybridized carbons (Fsp3) is 0.500. The van der Waals surface area contributed by atoms with Gasteiger partial charge < -0.3 is 9.47 Å². The minimum absolute atomic E-state index is 0.208. The topological polar surface area (TPSA) is 21.1 Å². The van der Waals surface area contributed by atoms with Crippen molar-refractivity contribution in [1.82, 2.24) is 14.5 Å². The standard InChI is InChI=1S/C14H18ClFIN3/c1-9(4-5-19(2)3)20-13-6-10(16)11(17)7-12(13)18-14(20)8-15/h6-7,9H,4-5,8H2,1-3H3. The van der Waals surface area contributed by atoms with Crippen molar-refractivity contribution >= 4 is 45.2 Å². The molecule has 3 nitrogen and oxygen atoms in total. The van der Waals surface area contributed by atoms with Crippen LogP contribution in [0.3, 0.4) is 0 Å². The Morgan fingerprint density at radius 1 is 1.45 bits per heavy atom. The fourth-order valence-corrected chi connectivity index (χ4v) is 2.94. The minimum atomic E-state index is -0.208. The maximum Gasteiger partial charge on any atom is 0.138 e. The van der Waals surface area contributed by atoms with Crippen molar-refractivity contribution in [2.75, 3.05) is 20.6 Å². The van der Waals surface area contributed by atoms with Crippen molar-refractivity contribution in [3.05, 3.63) is 27.3 Å². The van der Waals surface area contributed by atoms with E-state index in [1.165, 1.54) is 0 Å². The van der Waals surface area contributed by atoms with Gasteiger partial charge in [-0.25, -0.2) is 9.37 Å². The molecule has 0 radical (unpaired) electrons. The molecule has 0 N–H and O–H groups in total. The molecule has 1 aromatic carbocycles. The van der Waals surface area contributed by atoms with E-state index in [0.717, 1.165) is 29.8 Å². The highest BCUT2D eigenvalue weighted by Crippen LogP contribution is 2.27. The van der Waals surface area contributed by atoms with E-state index < -0.39 is 0 Å². The van der Waals surface area contributed by atoms with Crippen LogP contribution in [0.4, 0.5) is 4.39 Å². The zero-order valence-corrected chi connectivity index (χ0v) is 14.7. The van der Waals surface area contributed by atoms with Crippen LogP contribution in [-0.2, 0) is 5.88 Å². The van der Waals surface area contributed by atoms with E-state index in [-0.39, 0.29) is 11.9 Å². The third-order valence-corrected chi connectivity index (χ3v) is 4.42. The summed E-state index contributed by atoms with van der Waals surface area (Å²) >= 11 is 7.98. The van der Waals surface area contributed by atoms with Gasteiger partial charge in [0.05, 0.1) is 20.5 Å². The average Bonchev–Trinajstić information content (AvgIpc) is 2.74. The molecule has 0 fully saturated rings. The van der Waals surface area contributed by atoms with E-state index in [4.69, 9.17) is 11.6 Å². The molecule has 20 heavy (non-hydrogen) atoms. The minimum Gasteiger partial charge on any atom is -0.324 e. The van der Waals surface area contributed by atoms with Gasteiger partial charge in [0.15, 0.2) is 0 Å². The molecular weight excluding hydrogens is 392 g/mol. The van der Waals surface area contributed by atoms with E-state index >= 15 is 0 Å². The Kier molecular flexibility index (Phi) is 5.25. The van der Waals surface area contributed by atoms with E-state index in [1.807, 2.05) is 36.7 Å². The molecule has 0 spiro atoms. The molecular formula is C14H18ClFIN3. The lowest BCUT2D eigenvalue weighted by Crippen LogP contribution is -2.18. The molecule has 0 aliphatic carbocycles. The molecule has 110 valence electrons. The maximum absolute atomic E-state index is 13.8. The van der Waals surface area contributed by atoms with Gasteiger partial charge in [-0.15, -0.1) is 11.6 Å². The lowest BCUT2D eigenvalue weighted by Gasteiger charge is -2.19. The molecule has 0 amide bonds. The van der Waals surface area contributed by atoms with Crippen LogP contribution < -0.4 is 0 Å². The Morgan fingerprint density at radius 2 is 2.15 bits per heavy atom. The molecule has 0 aliphatic rings. The molecule has 0 aliphatic heterocycles. The number of benzene rings is 1. The van der Waals surface area contributed by atoms with Gasteiger partial charge in [-0.3, -0.25) is 0 Å². The smallest absolute Gasteiger partial charge is 0.138 e. The molecule has 1 heterocycles. The van der Waals surface area contributed by atoms with Crippen molar-refractivity contribution in [3.8, 4) is 0 Å². The Morgan fingerprint density at radius 3 is 2.75 bits per heavy atom. The molecule has 2 aromatic rings. The number of aromatic nitrogens is 2. The van der Waals surface area contributed by atoms with Crippen molar-refractivity contribution < 1.29 is 4.39 Å². The Hall–Kier alpha value is -0.400. The van der Waals surface area contributed by atoms with Crippen LogP contribution in [0.5, 0.6) is 0 Å². The van der Waals surface area contributed by atoms with Gasteiger partial charge in [-0.2, -0.15) is 0 Å². The van der Waals surface area contributed by atoms with Crippen LogP contribution in [0.2, 0.25) is 0 Å². The lowest BCUT2D eigenvalue weighted by atomic mass is 10.2. The number of hydrogen-bond donors (Lipinski definition) is 0. The molecule has 1 aromatic heterocycles. The normalized spacial score (nSPS) is 13.3. The van der Waals surface area contributed by atoms with Crippen molar-refractivity contribution in [2.24, 2.45) is 0 Å². The number of rotatable bonds is 5. The molecule has 2 rings (SSSR count). The summed E-state index contributed by atoms with van der Waals surface area (Å²) in [6.07, 6.45) is 0.968. The van der Waals surface area contributed by atoms with Crippen LogP contribution in [0, 0.1) is 9.39 Å². The van der Waals surface area contributed by atoms with Gasteiger partial charge in [0.1, 0.15) is 11.6 Å². The third-order valence-electron chi connectivity index (χ3n) is 3.36. The lowest BCUT2D eigenvalue weighted by molar-refractivity contribution is 0.358. The van der Waals surface area contributed by atoms with E-state index in [0.29, 0.717) is 9.45 Å². The summed E-state index contributed by atoms with van der Waals surface area (Å²) in [6, 6.07) is 3.57. The van der Waals surface area contributed by atoms with Crippen molar-refractivity contribution in [1.29, 1.82) is 0 Å². The number of nitrogens with zero attached hydrogens (tertiary/aromatic N) is 3. The summed E-state index contributed by atoms with van der Waals surface area (Å²) in [6.45, 7) is 3.09. The predicted octanol–water partition coefficient (Wildman–Crippen LogP) is 4.03. The number of halogens is 3. The summed E-state index contributed by atoms with van der Waals surface area (Å²) < 4.78 is 16.5. The molecule has 1 atom stereocenters. The largest absolute Gasteiger partial charge is 0.324 e. The Labute approximate surface area is 137 Å². The van der Waals surface area contributed by atoms with E-state index in [9.17, 15) is 4.39 Å². The second-order valence-corrected chi connectivity index (χ2v) is 6.66. The van der Waals surface area contributed by atoms with Gasteiger partial charge in [-0.05, 0) is 62.6 Å². The van der Waals surface area contributed by atoms with Crippen molar-refractivity contribution in [3.63, 3.8) is 0 Å². The summed E-state index contributed by atoms with van der Waals surface area (Å²) in [5, 5.41) is 0. The highest BCUT2D eigenvalue weighted by molar-refractivity contribution is 14.1. The number of alkyl halides is 1. The molecule has 6 heteroatoms. The average molecular weight is 410 g/mol. The van der Waals surface area contributed by atoms with Crippen LogP contribution in [0.1, 0.15) is 25.2 Å². The predicted molar refractivity (Wildman–Crippen MR) is 89.8 cm³/mol. The maximum atomic E-state index is 13.8. The quantitative estimate of drug-likeness (QED) is 0.549. The van der Waals surface area contributed by atoms with Crippen LogP contribution in [0.15, 0.2) is 12.1 Å². The highest BCUT2D eigenvalue weighted by atomic mass is 127. The summed E-state index contributed by atoms with van der Waals surface area (Å²) in [5.41, 5.74) is 1.63. The second kappa shape index (κ2) is 6.58. The van der Waals surface area contributed by atoms with Crippen LogP contribution >= 0.6 is 34.2 Å². The van der Waals surface area contributed by atoms with Gasteiger partial charge >= 0.3 is 0 Å². The van der Waals surface area contributed by atoms with E-state index in [1.54, 1.807) is 12.1 Å². The van der Waals surface area contributed by atoms with Crippen molar-refractivity contribution in [2.45, 2.75) is 25.3 Å². The zero-order chi connectivity index (χ0) is 14.9. The first-order valence-corrected chi connectivity index (χ1v) is 8.12. The molecule has 0 saturated carbocycles. The number of hydrogen-bond acceptors (Lipinski definition) is 2.